The van der Waals surface area contributed by atoms with E-state index in [4.69, 9.17) is 0 Å². The average Bonchev–Trinajstić information content (AvgIpc) is 2.47. The van der Waals surface area contributed by atoms with Gasteiger partial charge in [0.2, 0.25) is 0 Å². The van der Waals surface area contributed by atoms with Crippen molar-refractivity contribution in [3.05, 3.63) is 66.4 Å². The van der Waals surface area contributed by atoms with Crippen molar-refractivity contribution in [3.63, 3.8) is 0 Å². The Morgan fingerprint density at radius 2 is 1.78 bits per heavy atom. The van der Waals surface area contributed by atoms with E-state index in [1.54, 1.807) is 18.6 Å². The summed E-state index contributed by atoms with van der Waals surface area (Å²) in [6.45, 7) is 0. The minimum atomic E-state index is -0.759. The summed E-state index contributed by atoms with van der Waals surface area (Å²) in [6, 6.07) is 9.60. The summed E-state index contributed by atoms with van der Waals surface area (Å²) in [7, 11) is 0. The minimum absolute atomic E-state index is 0.663. The number of hydrogen-bond acceptors (Lipinski definition) is 4. The molecule has 3 rings (SSSR count). The normalized spacial score (nSPS) is 12.5. The molecule has 0 aliphatic carbocycles. The number of aliphatic hydroxyl groups excluding tert-OH is 1. The van der Waals surface area contributed by atoms with Crippen LogP contribution in [0.3, 0.4) is 0 Å². The third kappa shape index (κ3) is 1.83. The van der Waals surface area contributed by atoms with Gasteiger partial charge in [0.05, 0.1) is 5.52 Å². The largest absolute Gasteiger partial charge is 0.383 e. The topological polar surface area (TPSA) is 58.9 Å². The second-order valence-corrected chi connectivity index (χ2v) is 4.00. The molecular weight excluding hydrogens is 226 g/mol. The van der Waals surface area contributed by atoms with Gasteiger partial charge in [-0.25, -0.2) is 9.97 Å². The highest BCUT2D eigenvalue weighted by molar-refractivity contribution is 5.82. The van der Waals surface area contributed by atoms with Gasteiger partial charge in [0.15, 0.2) is 0 Å². The molecule has 2 heterocycles. The van der Waals surface area contributed by atoms with Crippen molar-refractivity contribution in [1.29, 1.82) is 0 Å². The molecular formula is C14H11N3O. The Hall–Kier alpha value is -2.33. The number of aliphatic hydroxyl groups is 1. The van der Waals surface area contributed by atoms with E-state index < -0.39 is 6.10 Å². The fourth-order valence-corrected chi connectivity index (χ4v) is 1.98. The molecule has 0 saturated carbocycles. The fourth-order valence-electron chi connectivity index (χ4n) is 1.98. The molecule has 18 heavy (non-hydrogen) atoms. The van der Waals surface area contributed by atoms with Gasteiger partial charge in [-0.3, -0.25) is 4.98 Å². The van der Waals surface area contributed by atoms with Crippen LogP contribution < -0.4 is 0 Å². The van der Waals surface area contributed by atoms with Gasteiger partial charge in [-0.1, -0.05) is 24.3 Å². The zero-order valence-electron chi connectivity index (χ0n) is 9.56. The van der Waals surface area contributed by atoms with Crippen LogP contribution in [0.4, 0.5) is 0 Å². The number of benzene rings is 1. The van der Waals surface area contributed by atoms with Crippen molar-refractivity contribution in [1.82, 2.24) is 15.0 Å². The Bertz CT molecular complexity index is 665. The van der Waals surface area contributed by atoms with E-state index in [0.29, 0.717) is 5.56 Å². The van der Waals surface area contributed by atoms with E-state index >= 15 is 0 Å². The summed E-state index contributed by atoms with van der Waals surface area (Å²) >= 11 is 0. The minimum Gasteiger partial charge on any atom is -0.383 e. The Balaban J connectivity index is 2.15. The SMILES string of the molecule is OC(c1cncnc1)c1cccc2cccnc12. The van der Waals surface area contributed by atoms with Gasteiger partial charge in [0.25, 0.3) is 0 Å². The van der Waals surface area contributed by atoms with E-state index in [1.165, 1.54) is 6.33 Å². The number of para-hydroxylation sites is 1. The number of nitrogens with zero attached hydrogens (tertiary/aromatic N) is 3. The first-order valence-electron chi connectivity index (χ1n) is 5.63. The molecule has 1 aromatic carbocycles. The summed E-state index contributed by atoms with van der Waals surface area (Å²) < 4.78 is 0. The highest BCUT2D eigenvalue weighted by atomic mass is 16.3. The van der Waals surface area contributed by atoms with E-state index in [9.17, 15) is 5.11 Å². The number of pyridine rings is 1. The second kappa shape index (κ2) is 4.50. The maximum atomic E-state index is 10.4. The molecule has 0 bridgehead atoms. The summed E-state index contributed by atoms with van der Waals surface area (Å²) in [5.74, 6) is 0. The van der Waals surface area contributed by atoms with Gasteiger partial charge in [-0.15, -0.1) is 0 Å². The lowest BCUT2D eigenvalue weighted by Crippen LogP contribution is -2.02. The smallest absolute Gasteiger partial charge is 0.115 e. The van der Waals surface area contributed by atoms with Gasteiger partial charge in [-0.05, 0) is 6.07 Å². The standard InChI is InChI=1S/C14H11N3O/c18-14(11-7-15-9-16-8-11)12-5-1-3-10-4-2-6-17-13(10)12/h1-9,14,18H. The van der Waals surface area contributed by atoms with Gasteiger partial charge in [0, 0.05) is 35.1 Å². The molecule has 0 radical (unpaired) electrons. The van der Waals surface area contributed by atoms with Gasteiger partial charge < -0.3 is 5.11 Å². The van der Waals surface area contributed by atoms with Gasteiger partial charge in [-0.2, -0.15) is 0 Å². The average molecular weight is 237 g/mol. The van der Waals surface area contributed by atoms with Crippen LogP contribution in [-0.4, -0.2) is 20.1 Å². The third-order valence-corrected chi connectivity index (χ3v) is 2.85. The first-order valence-corrected chi connectivity index (χ1v) is 5.63. The van der Waals surface area contributed by atoms with Crippen molar-refractivity contribution in [2.45, 2.75) is 6.10 Å². The zero-order chi connectivity index (χ0) is 12.4. The molecule has 1 unspecified atom stereocenters. The summed E-state index contributed by atoms with van der Waals surface area (Å²) in [4.78, 5) is 12.2. The Labute approximate surface area is 104 Å². The lowest BCUT2D eigenvalue weighted by atomic mass is 10.0. The molecule has 4 nitrogen and oxygen atoms in total. The molecule has 0 saturated heterocycles. The molecule has 0 spiro atoms. The first kappa shape index (κ1) is 10.8. The van der Waals surface area contributed by atoms with E-state index in [0.717, 1.165) is 16.5 Å². The van der Waals surface area contributed by atoms with Gasteiger partial charge in [0.1, 0.15) is 12.4 Å². The van der Waals surface area contributed by atoms with Crippen LogP contribution in [0, 0.1) is 0 Å². The fraction of sp³-hybridized carbons (Fsp3) is 0.0714. The lowest BCUT2D eigenvalue weighted by Gasteiger charge is -2.12. The molecule has 2 aromatic heterocycles. The van der Waals surface area contributed by atoms with Gasteiger partial charge >= 0.3 is 0 Å². The molecule has 0 fully saturated rings. The van der Waals surface area contributed by atoms with E-state index in [1.807, 2.05) is 30.3 Å². The maximum absolute atomic E-state index is 10.4. The third-order valence-electron chi connectivity index (χ3n) is 2.85. The van der Waals surface area contributed by atoms with Crippen molar-refractivity contribution in [3.8, 4) is 0 Å². The van der Waals surface area contributed by atoms with E-state index in [2.05, 4.69) is 15.0 Å². The van der Waals surface area contributed by atoms with Crippen LogP contribution in [0.15, 0.2) is 55.2 Å². The zero-order valence-corrected chi connectivity index (χ0v) is 9.56. The van der Waals surface area contributed by atoms with Crippen LogP contribution in [0.2, 0.25) is 0 Å². The highest BCUT2D eigenvalue weighted by Crippen LogP contribution is 2.26. The number of fused-ring (bicyclic) bond motifs is 1. The molecule has 0 aliphatic heterocycles. The first-order chi connectivity index (χ1) is 8.86. The molecule has 0 aliphatic rings. The van der Waals surface area contributed by atoms with Crippen LogP contribution in [0.5, 0.6) is 0 Å². The predicted molar refractivity (Wildman–Crippen MR) is 67.8 cm³/mol. The highest BCUT2D eigenvalue weighted by Gasteiger charge is 2.14. The molecule has 4 heteroatoms. The lowest BCUT2D eigenvalue weighted by molar-refractivity contribution is 0.220. The van der Waals surface area contributed by atoms with E-state index in [-0.39, 0.29) is 0 Å². The van der Waals surface area contributed by atoms with Crippen LogP contribution >= 0.6 is 0 Å². The quantitative estimate of drug-likeness (QED) is 0.741. The summed E-state index contributed by atoms with van der Waals surface area (Å²) in [5, 5.41) is 11.4. The van der Waals surface area contributed by atoms with Crippen LogP contribution in [0.1, 0.15) is 17.2 Å². The Morgan fingerprint density at radius 3 is 2.61 bits per heavy atom. The molecule has 3 aromatic rings. The predicted octanol–water partition coefficient (Wildman–Crippen LogP) is 2.11. The maximum Gasteiger partial charge on any atom is 0.115 e. The number of aromatic nitrogens is 3. The monoisotopic (exact) mass is 237 g/mol. The summed E-state index contributed by atoms with van der Waals surface area (Å²) in [6.07, 6.45) is 5.63. The Kier molecular flexibility index (Phi) is 2.70. The van der Waals surface area contributed by atoms with Crippen molar-refractivity contribution in [2.24, 2.45) is 0 Å². The molecule has 88 valence electrons. The molecule has 0 amide bonds. The summed E-state index contributed by atoms with van der Waals surface area (Å²) in [5.41, 5.74) is 2.23. The number of rotatable bonds is 2. The van der Waals surface area contributed by atoms with Crippen molar-refractivity contribution >= 4 is 10.9 Å². The van der Waals surface area contributed by atoms with Crippen molar-refractivity contribution in [2.75, 3.05) is 0 Å². The molecule has 1 atom stereocenters. The van der Waals surface area contributed by atoms with Crippen LogP contribution in [0.25, 0.3) is 10.9 Å². The Morgan fingerprint density at radius 1 is 1.00 bits per heavy atom. The van der Waals surface area contributed by atoms with Crippen LogP contribution in [-0.2, 0) is 0 Å². The molecule has 1 N–H and O–H groups in total. The second-order valence-electron chi connectivity index (χ2n) is 4.00. The number of hydrogen-bond donors (Lipinski definition) is 1. The van der Waals surface area contributed by atoms with Crippen molar-refractivity contribution < 1.29 is 5.11 Å².